The van der Waals surface area contributed by atoms with Gasteiger partial charge < -0.3 is 136 Å². The highest BCUT2D eigenvalue weighted by Gasteiger charge is 2.46. The van der Waals surface area contributed by atoms with Gasteiger partial charge in [-0.05, 0) is 71.6 Å². The summed E-state index contributed by atoms with van der Waals surface area (Å²) in [7, 11) is -14.0. The number of hydrogen-bond acceptors (Lipinski definition) is 31. The van der Waals surface area contributed by atoms with Crippen LogP contribution in [0, 0.1) is 17.3 Å². The first-order valence-corrected chi connectivity index (χ1v) is 37.1. The summed E-state index contributed by atoms with van der Waals surface area (Å²) < 4.78 is 120. The molecule has 10 unspecified atom stereocenters. The van der Waals surface area contributed by atoms with Crippen molar-refractivity contribution < 1.29 is 149 Å². The molecule has 19 atom stereocenters. The minimum absolute atomic E-state index is 0.0189. The molecule has 3 fully saturated rings. The number of amides is 1. The lowest BCUT2D eigenvalue weighted by molar-refractivity contribution is -0.282. The normalized spacial score (nSPS) is 29.6. The van der Waals surface area contributed by atoms with Crippen molar-refractivity contribution in [3.63, 3.8) is 0 Å². The van der Waals surface area contributed by atoms with Crippen molar-refractivity contribution in [2.45, 2.75) is 230 Å². The minimum atomic E-state index is -4.69. The first-order chi connectivity index (χ1) is 44.2. The summed E-state index contributed by atoms with van der Waals surface area (Å²) in [6.07, 6.45) is -3.82. The molecule has 3 aliphatic rings. The Balaban J connectivity index is 1.41. The Kier molecular flexibility index (Phi) is 43.8. The van der Waals surface area contributed by atoms with Crippen LogP contribution in [0.1, 0.15) is 144 Å². The van der Waals surface area contributed by atoms with Crippen LogP contribution in [0.25, 0.3) is 0 Å². The summed E-state index contributed by atoms with van der Waals surface area (Å²) >= 11 is 0. The highest BCUT2D eigenvalue weighted by molar-refractivity contribution is 7.46. The molecule has 0 bridgehead atoms. The lowest BCUT2D eigenvalue weighted by Crippen LogP contribution is -2.64. The van der Waals surface area contributed by atoms with E-state index in [9.17, 15) is 79.1 Å². The van der Waals surface area contributed by atoms with E-state index in [0.717, 1.165) is 19.3 Å². The van der Waals surface area contributed by atoms with Crippen molar-refractivity contribution in [2.75, 3.05) is 119 Å². The molecule has 0 aromatic rings. The molecular formula is C58H111NO31P3-3. The van der Waals surface area contributed by atoms with Gasteiger partial charge in [-0.3, -0.25) is 18.5 Å². The van der Waals surface area contributed by atoms with Gasteiger partial charge in [0, 0.05) is 51.8 Å². The number of phosphoric ester groups is 3. The highest BCUT2D eigenvalue weighted by Crippen LogP contribution is 2.41. The predicted molar refractivity (Wildman–Crippen MR) is 324 cm³/mol. The number of ether oxygens (including phenoxy) is 9. The molecule has 0 spiro atoms. The van der Waals surface area contributed by atoms with Gasteiger partial charge in [0.2, 0.25) is 5.91 Å². The van der Waals surface area contributed by atoms with Gasteiger partial charge in [0.1, 0.15) is 48.8 Å². The third-order valence-electron chi connectivity index (χ3n) is 15.8. The van der Waals surface area contributed by atoms with Crippen molar-refractivity contribution in [2.24, 2.45) is 17.3 Å². The fourth-order valence-corrected chi connectivity index (χ4v) is 12.6. The number of aliphatic hydroxyl groups excluding tert-OH is 9. The summed E-state index contributed by atoms with van der Waals surface area (Å²) in [6.45, 7) is 6.33. The molecule has 3 heterocycles. The second-order valence-electron chi connectivity index (χ2n) is 24.3. The lowest BCUT2D eigenvalue weighted by Gasteiger charge is -2.42. The minimum Gasteiger partial charge on any atom is -0.756 e. The van der Waals surface area contributed by atoms with Crippen molar-refractivity contribution >= 4 is 29.4 Å². The van der Waals surface area contributed by atoms with Crippen LogP contribution in [0.15, 0.2) is 0 Å². The van der Waals surface area contributed by atoms with Crippen LogP contribution < -0.4 is 20.0 Å². The zero-order chi connectivity index (χ0) is 68.9. The van der Waals surface area contributed by atoms with Crippen molar-refractivity contribution in [1.82, 2.24) is 5.32 Å². The molecular weight excluding hydrogens is 1300 g/mol. The van der Waals surface area contributed by atoms with Crippen LogP contribution in [-0.2, 0) is 88.3 Å². The van der Waals surface area contributed by atoms with Crippen molar-refractivity contribution in [3.05, 3.63) is 0 Å². The summed E-state index contributed by atoms with van der Waals surface area (Å²) in [5.41, 5.74) is -0.988. The molecule has 3 rings (SSSR count). The van der Waals surface area contributed by atoms with Crippen LogP contribution in [0.4, 0.5) is 0 Å². The van der Waals surface area contributed by atoms with E-state index in [1.54, 1.807) is 13.8 Å². The third-order valence-corrected chi connectivity index (χ3v) is 18.8. The van der Waals surface area contributed by atoms with Gasteiger partial charge in [-0.25, -0.2) is 0 Å². The van der Waals surface area contributed by atoms with E-state index in [-0.39, 0.29) is 136 Å². The Hall–Kier alpha value is -0.920. The SMILES string of the molecule is CC(=O)NC1[C@H](OCCCCCCOP(=O)([O-])OCCCOCC(COCCCOP(=O)([O-])OCCCCCCC[C@@H]2OC(CO)[C@H](O)[C@H](O)C2C)(COCCCOP(=O)([O-])OCCCCCCO[C@@H]2OC(CO)[C@H](O)[C@H](O)C2C)COC(C)C)OC(CO)[C@H](O)[C@@H]1O. The molecule has 35 heteroatoms. The van der Waals surface area contributed by atoms with Crippen molar-refractivity contribution in [1.29, 1.82) is 0 Å². The molecule has 1 amide bonds. The Morgan fingerprint density at radius 3 is 1.19 bits per heavy atom. The van der Waals surface area contributed by atoms with Gasteiger partial charge in [-0.15, -0.1) is 0 Å². The molecule has 0 saturated carbocycles. The first-order valence-electron chi connectivity index (χ1n) is 32.7. The number of phosphoric acid groups is 3. The van der Waals surface area contributed by atoms with E-state index in [4.69, 9.17) is 69.8 Å². The maximum Gasteiger partial charge on any atom is 0.267 e. The Morgan fingerprint density at radius 1 is 0.441 bits per heavy atom. The summed E-state index contributed by atoms with van der Waals surface area (Å²) in [6, 6.07) is -1.07. The average molecular weight is 1410 g/mol. The molecule has 3 aliphatic heterocycles. The van der Waals surface area contributed by atoms with Gasteiger partial charge >= 0.3 is 0 Å². The van der Waals surface area contributed by atoms with Crippen LogP contribution in [0.2, 0.25) is 0 Å². The Labute approximate surface area is 547 Å². The first kappa shape index (κ1) is 86.3. The molecule has 552 valence electrons. The van der Waals surface area contributed by atoms with Gasteiger partial charge in [0.25, 0.3) is 23.5 Å². The smallest absolute Gasteiger partial charge is 0.267 e. The van der Waals surface area contributed by atoms with Gasteiger partial charge in [-0.2, -0.15) is 0 Å². The maximum absolute atomic E-state index is 12.6. The molecule has 0 radical (unpaired) electrons. The Bertz CT molecular complexity index is 2010. The van der Waals surface area contributed by atoms with Crippen LogP contribution in [0.5, 0.6) is 0 Å². The van der Waals surface area contributed by atoms with E-state index in [2.05, 4.69) is 5.32 Å². The summed E-state index contributed by atoms with van der Waals surface area (Å²) in [5, 5.41) is 92.2. The van der Waals surface area contributed by atoms with E-state index in [1.807, 2.05) is 13.8 Å². The zero-order valence-electron chi connectivity index (χ0n) is 54.8. The van der Waals surface area contributed by atoms with E-state index >= 15 is 0 Å². The third kappa shape index (κ3) is 34.8. The zero-order valence-corrected chi connectivity index (χ0v) is 57.5. The van der Waals surface area contributed by atoms with Crippen LogP contribution >= 0.6 is 23.5 Å². The highest BCUT2D eigenvalue weighted by atomic mass is 31.2. The van der Waals surface area contributed by atoms with Gasteiger partial charge in [0.05, 0.1) is 116 Å². The number of rotatable bonds is 55. The van der Waals surface area contributed by atoms with Crippen LogP contribution in [-0.4, -0.2) is 257 Å². The van der Waals surface area contributed by atoms with Crippen LogP contribution in [0.3, 0.4) is 0 Å². The molecule has 3 saturated heterocycles. The monoisotopic (exact) mass is 1410 g/mol. The second-order valence-corrected chi connectivity index (χ2v) is 28.5. The number of nitrogens with one attached hydrogen (secondary N) is 1. The second kappa shape index (κ2) is 47.2. The van der Waals surface area contributed by atoms with Gasteiger partial charge in [-0.1, -0.05) is 65.2 Å². The molecule has 10 N–H and O–H groups in total. The standard InChI is InChI=1S/C58H114NO31P3/c1-41(2)81-40-58(37-76-23-19-31-85-91(70,71)82-28-16-8-6-7-13-22-45-42(3)50(64)52(66)46(34-60)88-45,38-77-24-20-32-86-92(72,73)83-29-17-11-9-14-26-79-56-43(4)51(65)53(67)47(35-61)89-56)39-78-25-21-33-87-93(74,75)84-30-18-12-10-15-27-80-57-49(59-44(5)63)55(69)54(68)48(36-62)90-57/h41-43,45-57,60-62,64-69H,6-40H2,1-5H3,(H,59,63)(H,70,71)(H,72,73)(H,74,75)/p-3/t42?,43?,45-,46?,47?,48?,49?,50+,51+,52-,53-,54-,55+,56+,57+,58?/m0/s1. The molecule has 93 heavy (non-hydrogen) atoms. The number of hydrogen-bond donors (Lipinski definition) is 10. The largest absolute Gasteiger partial charge is 0.756 e. The number of carbonyl (C=O) groups excluding carboxylic acids is 1. The summed E-state index contributed by atoms with van der Waals surface area (Å²) in [4.78, 5) is 49.3. The number of unbranched alkanes of at least 4 members (excludes halogenated alkanes) is 10. The fourth-order valence-electron chi connectivity index (χ4n) is 10.3. The van der Waals surface area contributed by atoms with E-state index < -0.39 is 134 Å². The molecule has 0 aliphatic carbocycles. The quantitative estimate of drug-likeness (QED) is 0.0297. The van der Waals surface area contributed by atoms with Gasteiger partial charge in [0.15, 0.2) is 12.6 Å². The molecule has 32 nitrogen and oxygen atoms in total. The predicted octanol–water partition coefficient (Wildman–Crippen LogP) is 0.754. The fraction of sp³-hybridized carbons (Fsp3) is 0.983. The molecule has 0 aromatic heterocycles. The van der Waals surface area contributed by atoms with E-state index in [1.165, 1.54) is 6.92 Å². The van der Waals surface area contributed by atoms with E-state index in [0.29, 0.717) is 70.6 Å². The number of aliphatic hydroxyl groups is 9. The Morgan fingerprint density at radius 2 is 0.785 bits per heavy atom. The van der Waals surface area contributed by atoms with Crippen molar-refractivity contribution in [3.8, 4) is 0 Å². The topological polar surface area (TPSA) is 470 Å². The molecule has 0 aromatic carbocycles. The average Bonchev–Trinajstić information content (AvgIpc) is 0.888. The maximum atomic E-state index is 12.6. The summed E-state index contributed by atoms with van der Waals surface area (Å²) in [5.74, 6) is -1.29. The lowest BCUT2D eigenvalue weighted by atomic mass is 9.86. The number of carbonyl (C=O) groups is 1.